The van der Waals surface area contributed by atoms with Crippen LogP contribution in [0, 0.1) is 0 Å². The van der Waals surface area contributed by atoms with E-state index in [4.69, 9.17) is 0 Å². The van der Waals surface area contributed by atoms with Crippen molar-refractivity contribution in [2.24, 2.45) is 0 Å². The van der Waals surface area contributed by atoms with Gasteiger partial charge in [0.25, 0.3) is 0 Å². The number of carbonyl (C=O) groups is 2. The number of rotatable bonds is 8. The van der Waals surface area contributed by atoms with Crippen LogP contribution in [-0.2, 0) is 16.1 Å². The van der Waals surface area contributed by atoms with Crippen LogP contribution in [0.15, 0.2) is 54.6 Å². The first kappa shape index (κ1) is 20.2. The Morgan fingerprint density at radius 1 is 1.00 bits per heavy atom. The van der Waals surface area contributed by atoms with Crippen LogP contribution in [-0.4, -0.2) is 50.0 Å². The molecular weight excluding hydrogens is 370 g/mol. The van der Waals surface area contributed by atoms with Crippen molar-refractivity contribution in [2.75, 3.05) is 23.7 Å². The fourth-order valence-electron chi connectivity index (χ4n) is 2.80. The van der Waals surface area contributed by atoms with Crippen LogP contribution < -0.4 is 10.6 Å². The first-order chi connectivity index (χ1) is 14.0. The summed E-state index contributed by atoms with van der Waals surface area (Å²) >= 11 is 0. The lowest BCUT2D eigenvalue weighted by molar-refractivity contribution is -0.117. The molecule has 0 saturated carbocycles. The van der Waals surface area contributed by atoms with Crippen LogP contribution >= 0.6 is 0 Å². The average Bonchev–Trinajstić information content (AvgIpc) is 3.17. The van der Waals surface area contributed by atoms with E-state index in [1.165, 1.54) is 6.92 Å². The van der Waals surface area contributed by atoms with Gasteiger partial charge in [0.05, 0.1) is 18.8 Å². The van der Waals surface area contributed by atoms with Crippen LogP contribution in [0.3, 0.4) is 0 Å². The van der Waals surface area contributed by atoms with Gasteiger partial charge in [0.1, 0.15) is 0 Å². The summed E-state index contributed by atoms with van der Waals surface area (Å²) in [5.41, 5.74) is 2.21. The molecule has 150 valence electrons. The second-order valence-corrected chi connectivity index (χ2v) is 6.45. The maximum absolute atomic E-state index is 12.4. The minimum absolute atomic E-state index is 0.141. The van der Waals surface area contributed by atoms with E-state index in [2.05, 4.69) is 26.2 Å². The second kappa shape index (κ2) is 9.56. The third-order valence-electron chi connectivity index (χ3n) is 4.20. The highest BCUT2D eigenvalue weighted by Gasteiger charge is 2.15. The van der Waals surface area contributed by atoms with E-state index in [1.807, 2.05) is 42.2 Å². The molecule has 2 amide bonds. The number of para-hydroxylation sites is 1. The molecule has 0 aliphatic carbocycles. The maximum Gasteiger partial charge on any atom is 0.238 e. The van der Waals surface area contributed by atoms with Crippen LogP contribution in [0.2, 0.25) is 0 Å². The monoisotopic (exact) mass is 393 g/mol. The van der Waals surface area contributed by atoms with Crippen molar-refractivity contribution in [3.63, 3.8) is 0 Å². The summed E-state index contributed by atoms with van der Waals surface area (Å²) in [6, 6.07) is 16.6. The number of tetrazole rings is 1. The Bertz CT molecular complexity index is 954. The lowest BCUT2D eigenvalue weighted by Crippen LogP contribution is -2.33. The van der Waals surface area contributed by atoms with Gasteiger partial charge in [0.2, 0.25) is 11.8 Å². The predicted molar refractivity (Wildman–Crippen MR) is 109 cm³/mol. The fourth-order valence-corrected chi connectivity index (χ4v) is 2.80. The number of nitrogens with zero attached hydrogens (tertiary/aromatic N) is 5. The highest BCUT2D eigenvalue weighted by molar-refractivity contribution is 5.93. The summed E-state index contributed by atoms with van der Waals surface area (Å²) in [5.74, 6) is 0.376. The van der Waals surface area contributed by atoms with Gasteiger partial charge >= 0.3 is 0 Å². The molecule has 9 nitrogen and oxygen atoms in total. The van der Waals surface area contributed by atoms with Crippen LogP contribution in [0.5, 0.6) is 0 Å². The smallest absolute Gasteiger partial charge is 0.238 e. The quantitative estimate of drug-likeness (QED) is 0.607. The molecule has 0 bridgehead atoms. The molecule has 0 radical (unpaired) electrons. The highest BCUT2D eigenvalue weighted by atomic mass is 16.2. The van der Waals surface area contributed by atoms with Gasteiger partial charge < -0.3 is 10.6 Å². The molecule has 0 saturated heterocycles. The maximum atomic E-state index is 12.4. The zero-order valence-electron chi connectivity index (χ0n) is 16.4. The van der Waals surface area contributed by atoms with Crippen molar-refractivity contribution in [3.05, 3.63) is 60.4 Å². The number of hydrogen-bond donors (Lipinski definition) is 2. The molecule has 3 rings (SSSR count). The molecule has 29 heavy (non-hydrogen) atoms. The van der Waals surface area contributed by atoms with Gasteiger partial charge in [-0.1, -0.05) is 25.1 Å². The van der Waals surface area contributed by atoms with Gasteiger partial charge in [-0.2, -0.15) is 4.68 Å². The number of nitrogens with one attached hydrogen (secondary N) is 2. The van der Waals surface area contributed by atoms with E-state index >= 15 is 0 Å². The molecule has 0 aliphatic heterocycles. The fraction of sp³-hybridized carbons (Fsp3) is 0.250. The molecule has 0 aliphatic rings. The first-order valence-electron chi connectivity index (χ1n) is 9.27. The Labute approximate surface area is 168 Å². The molecule has 1 aromatic heterocycles. The summed E-state index contributed by atoms with van der Waals surface area (Å²) < 4.78 is 1.67. The topological polar surface area (TPSA) is 105 Å². The van der Waals surface area contributed by atoms with Gasteiger partial charge in [-0.3, -0.25) is 14.5 Å². The predicted octanol–water partition coefficient (Wildman–Crippen LogP) is 2.08. The zero-order valence-corrected chi connectivity index (χ0v) is 16.4. The lowest BCUT2D eigenvalue weighted by Gasteiger charge is -2.19. The van der Waals surface area contributed by atoms with Gasteiger partial charge in [0, 0.05) is 18.3 Å². The van der Waals surface area contributed by atoms with Gasteiger partial charge in [-0.25, -0.2) is 0 Å². The summed E-state index contributed by atoms with van der Waals surface area (Å²) in [6.45, 7) is 4.73. The number of anilines is 2. The molecule has 0 unspecified atom stereocenters. The summed E-state index contributed by atoms with van der Waals surface area (Å²) in [6.07, 6.45) is 0. The minimum atomic E-state index is -0.141. The Morgan fingerprint density at radius 3 is 2.28 bits per heavy atom. The van der Waals surface area contributed by atoms with E-state index in [0.29, 0.717) is 30.3 Å². The molecule has 9 heteroatoms. The normalized spacial score (nSPS) is 10.7. The molecule has 1 heterocycles. The van der Waals surface area contributed by atoms with Crippen molar-refractivity contribution in [3.8, 4) is 5.69 Å². The Kier molecular flexibility index (Phi) is 6.64. The third kappa shape index (κ3) is 5.69. The third-order valence-corrected chi connectivity index (χ3v) is 4.20. The number of amides is 2. The largest absolute Gasteiger partial charge is 0.326 e. The van der Waals surface area contributed by atoms with E-state index in [-0.39, 0.29) is 18.4 Å². The van der Waals surface area contributed by atoms with Crippen LogP contribution in [0.4, 0.5) is 11.4 Å². The van der Waals surface area contributed by atoms with E-state index in [0.717, 1.165) is 5.69 Å². The van der Waals surface area contributed by atoms with Crippen LogP contribution in [0.1, 0.15) is 19.7 Å². The second-order valence-electron chi connectivity index (χ2n) is 6.45. The summed E-state index contributed by atoms with van der Waals surface area (Å²) in [4.78, 5) is 25.5. The summed E-state index contributed by atoms with van der Waals surface area (Å²) in [7, 11) is 0. The van der Waals surface area contributed by atoms with Crippen molar-refractivity contribution in [1.29, 1.82) is 0 Å². The van der Waals surface area contributed by atoms with E-state index < -0.39 is 0 Å². The first-order valence-corrected chi connectivity index (χ1v) is 9.27. The Hall–Kier alpha value is -3.59. The average molecular weight is 393 g/mol. The highest BCUT2D eigenvalue weighted by Crippen LogP contribution is 2.14. The number of carbonyl (C=O) groups excluding carboxylic acids is 2. The lowest BCUT2D eigenvalue weighted by atomic mass is 10.2. The Morgan fingerprint density at radius 2 is 1.66 bits per heavy atom. The van der Waals surface area contributed by atoms with Crippen molar-refractivity contribution >= 4 is 23.2 Å². The number of benzene rings is 2. The zero-order chi connectivity index (χ0) is 20.6. The van der Waals surface area contributed by atoms with Crippen molar-refractivity contribution in [2.45, 2.75) is 20.4 Å². The SMILES string of the molecule is CCN(CC(=O)Nc1ccc(NC(C)=O)cc1)Cc1nnnn1-c1ccccc1. The number of likely N-dealkylation sites (N-methyl/N-ethyl adjacent to an activating group) is 1. The van der Waals surface area contributed by atoms with Crippen LogP contribution in [0.25, 0.3) is 5.69 Å². The van der Waals surface area contributed by atoms with Gasteiger partial charge in [0.15, 0.2) is 5.82 Å². The van der Waals surface area contributed by atoms with Gasteiger partial charge in [-0.05, 0) is 53.4 Å². The molecule has 0 spiro atoms. The van der Waals surface area contributed by atoms with E-state index in [1.54, 1.807) is 28.9 Å². The van der Waals surface area contributed by atoms with Crippen molar-refractivity contribution in [1.82, 2.24) is 25.1 Å². The van der Waals surface area contributed by atoms with Gasteiger partial charge in [-0.15, -0.1) is 5.10 Å². The summed E-state index contributed by atoms with van der Waals surface area (Å²) in [5, 5.41) is 17.5. The number of aromatic nitrogens is 4. The number of hydrogen-bond acceptors (Lipinski definition) is 6. The molecule has 2 N–H and O–H groups in total. The standard InChI is InChI=1S/C20H23N7O2/c1-3-26(13-19-23-24-25-27(19)18-7-5-4-6-8-18)14-20(29)22-17-11-9-16(10-12-17)21-15(2)28/h4-12H,3,13-14H2,1-2H3,(H,21,28)(H,22,29). The van der Waals surface area contributed by atoms with Crippen molar-refractivity contribution < 1.29 is 9.59 Å². The molecular formula is C20H23N7O2. The molecule has 2 aromatic carbocycles. The van der Waals surface area contributed by atoms with E-state index in [9.17, 15) is 9.59 Å². The molecule has 0 fully saturated rings. The Balaban J connectivity index is 1.60. The minimum Gasteiger partial charge on any atom is -0.326 e. The molecule has 3 aromatic rings. The molecule has 0 atom stereocenters.